The SMILES string of the molecule is CC(=O)Nc1ccc(NC(=O)C(C)OC(=O)c2cccc(C)c2O)cc1. The van der Waals surface area contributed by atoms with Gasteiger partial charge < -0.3 is 20.5 Å². The van der Waals surface area contributed by atoms with Gasteiger partial charge in [-0.3, -0.25) is 9.59 Å². The molecule has 2 rings (SSSR count). The van der Waals surface area contributed by atoms with Crippen molar-refractivity contribution in [2.45, 2.75) is 26.9 Å². The maximum Gasteiger partial charge on any atom is 0.342 e. The molecule has 2 amide bonds. The van der Waals surface area contributed by atoms with Gasteiger partial charge in [-0.25, -0.2) is 4.79 Å². The van der Waals surface area contributed by atoms with Gasteiger partial charge in [0.2, 0.25) is 5.91 Å². The lowest BCUT2D eigenvalue weighted by molar-refractivity contribution is -0.123. The van der Waals surface area contributed by atoms with Crippen LogP contribution in [0.4, 0.5) is 11.4 Å². The molecule has 0 heterocycles. The average molecular weight is 356 g/mol. The summed E-state index contributed by atoms with van der Waals surface area (Å²) in [6, 6.07) is 11.2. The minimum Gasteiger partial charge on any atom is -0.507 e. The summed E-state index contributed by atoms with van der Waals surface area (Å²) in [6.45, 7) is 4.50. The molecule has 0 aliphatic heterocycles. The van der Waals surface area contributed by atoms with Crippen molar-refractivity contribution < 1.29 is 24.2 Å². The number of esters is 1. The molecule has 0 fully saturated rings. The molecule has 0 bridgehead atoms. The Hall–Kier alpha value is -3.35. The minimum absolute atomic E-state index is 0.00399. The molecule has 0 radical (unpaired) electrons. The monoisotopic (exact) mass is 356 g/mol. The van der Waals surface area contributed by atoms with Crippen molar-refractivity contribution in [3.63, 3.8) is 0 Å². The average Bonchev–Trinajstić information content (AvgIpc) is 2.58. The van der Waals surface area contributed by atoms with Crippen LogP contribution < -0.4 is 10.6 Å². The third-order valence-corrected chi connectivity index (χ3v) is 3.58. The number of anilines is 2. The molecule has 26 heavy (non-hydrogen) atoms. The number of phenols is 1. The van der Waals surface area contributed by atoms with Crippen LogP contribution in [-0.2, 0) is 14.3 Å². The number of carbonyl (C=O) groups excluding carboxylic acids is 3. The van der Waals surface area contributed by atoms with E-state index in [2.05, 4.69) is 10.6 Å². The number of para-hydroxylation sites is 1. The number of aromatic hydroxyl groups is 1. The second kappa shape index (κ2) is 8.15. The fourth-order valence-corrected chi connectivity index (χ4v) is 2.19. The maximum absolute atomic E-state index is 12.2. The molecular weight excluding hydrogens is 336 g/mol. The Bertz CT molecular complexity index is 830. The van der Waals surface area contributed by atoms with Gasteiger partial charge in [0.1, 0.15) is 11.3 Å². The summed E-state index contributed by atoms with van der Waals surface area (Å²) in [6.07, 6.45) is -1.06. The fraction of sp³-hybridized carbons (Fsp3) is 0.211. The maximum atomic E-state index is 12.2. The third-order valence-electron chi connectivity index (χ3n) is 3.58. The van der Waals surface area contributed by atoms with Crippen LogP contribution in [0.3, 0.4) is 0 Å². The molecule has 0 aromatic heterocycles. The smallest absolute Gasteiger partial charge is 0.342 e. The number of amides is 2. The fourth-order valence-electron chi connectivity index (χ4n) is 2.19. The lowest BCUT2D eigenvalue weighted by Gasteiger charge is -2.14. The van der Waals surface area contributed by atoms with Crippen molar-refractivity contribution in [3.8, 4) is 5.75 Å². The van der Waals surface area contributed by atoms with E-state index in [-0.39, 0.29) is 17.2 Å². The molecule has 7 heteroatoms. The molecule has 7 nitrogen and oxygen atoms in total. The number of phenolic OH excluding ortho intramolecular Hbond substituents is 1. The summed E-state index contributed by atoms with van der Waals surface area (Å²) >= 11 is 0. The zero-order valence-electron chi connectivity index (χ0n) is 14.7. The van der Waals surface area contributed by atoms with Crippen LogP contribution in [-0.4, -0.2) is 29.0 Å². The number of hydrogen-bond acceptors (Lipinski definition) is 5. The Balaban J connectivity index is 1.97. The van der Waals surface area contributed by atoms with Crippen LogP contribution in [0.15, 0.2) is 42.5 Å². The molecular formula is C19H20N2O5. The number of benzene rings is 2. The Morgan fingerprint density at radius 3 is 2.15 bits per heavy atom. The van der Waals surface area contributed by atoms with Gasteiger partial charge in [-0.15, -0.1) is 0 Å². The Morgan fingerprint density at radius 1 is 1.00 bits per heavy atom. The lowest BCUT2D eigenvalue weighted by Crippen LogP contribution is -2.30. The lowest BCUT2D eigenvalue weighted by atomic mass is 10.1. The largest absolute Gasteiger partial charge is 0.507 e. The van der Waals surface area contributed by atoms with Crippen molar-refractivity contribution >= 4 is 29.2 Å². The van der Waals surface area contributed by atoms with Crippen LogP contribution >= 0.6 is 0 Å². The quantitative estimate of drug-likeness (QED) is 0.715. The van der Waals surface area contributed by atoms with Crippen molar-refractivity contribution in [1.82, 2.24) is 0 Å². The normalized spacial score (nSPS) is 11.3. The predicted octanol–water partition coefficient (Wildman–Crippen LogP) is 2.84. The van der Waals surface area contributed by atoms with Crippen LogP contribution in [0.25, 0.3) is 0 Å². The Labute approximate surface area is 151 Å². The highest BCUT2D eigenvalue weighted by Crippen LogP contribution is 2.22. The number of carbonyl (C=O) groups is 3. The second-order valence-corrected chi connectivity index (χ2v) is 5.77. The van der Waals surface area contributed by atoms with Crippen molar-refractivity contribution in [3.05, 3.63) is 53.6 Å². The zero-order chi connectivity index (χ0) is 19.3. The molecule has 3 N–H and O–H groups in total. The van der Waals surface area contributed by atoms with E-state index in [1.807, 2.05) is 0 Å². The molecule has 0 saturated heterocycles. The van der Waals surface area contributed by atoms with Gasteiger partial charge in [0, 0.05) is 18.3 Å². The second-order valence-electron chi connectivity index (χ2n) is 5.77. The van der Waals surface area contributed by atoms with Crippen molar-refractivity contribution in [2.75, 3.05) is 10.6 Å². The van der Waals surface area contributed by atoms with E-state index in [4.69, 9.17) is 4.74 Å². The topological polar surface area (TPSA) is 105 Å². The summed E-state index contributed by atoms with van der Waals surface area (Å²) in [5.41, 5.74) is 1.63. The van der Waals surface area contributed by atoms with E-state index in [1.165, 1.54) is 19.9 Å². The molecule has 0 saturated carbocycles. The van der Waals surface area contributed by atoms with E-state index in [0.717, 1.165) is 0 Å². The van der Waals surface area contributed by atoms with E-state index in [9.17, 15) is 19.5 Å². The summed E-state index contributed by atoms with van der Waals surface area (Å²) < 4.78 is 5.11. The van der Waals surface area contributed by atoms with Gasteiger partial charge in [-0.1, -0.05) is 12.1 Å². The molecule has 2 aromatic rings. The number of ether oxygens (including phenoxy) is 1. The molecule has 0 spiro atoms. The van der Waals surface area contributed by atoms with Crippen LogP contribution in [0.1, 0.15) is 29.8 Å². The zero-order valence-corrected chi connectivity index (χ0v) is 14.7. The summed E-state index contributed by atoms with van der Waals surface area (Å²) in [5.74, 6) is -1.66. The van der Waals surface area contributed by atoms with E-state index < -0.39 is 18.0 Å². The molecule has 2 aromatic carbocycles. The van der Waals surface area contributed by atoms with E-state index >= 15 is 0 Å². The number of aryl methyl sites for hydroxylation is 1. The number of nitrogens with one attached hydrogen (secondary N) is 2. The van der Waals surface area contributed by atoms with Gasteiger partial charge in [0.05, 0.1) is 0 Å². The first kappa shape index (κ1) is 19.0. The van der Waals surface area contributed by atoms with Crippen LogP contribution in [0.2, 0.25) is 0 Å². The Morgan fingerprint density at radius 2 is 1.58 bits per heavy atom. The first-order chi connectivity index (χ1) is 12.3. The van der Waals surface area contributed by atoms with Crippen molar-refractivity contribution in [1.29, 1.82) is 0 Å². The third kappa shape index (κ3) is 4.83. The van der Waals surface area contributed by atoms with Gasteiger partial charge in [0.25, 0.3) is 5.91 Å². The van der Waals surface area contributed by atoms with E-state index in [0.29, 0.717) is 16.9 Å². The molecule has 1 unspecified atom stereocenters. The Kier molecular flexibility index (Phi) is 5.95. The molecule has 136 valence electrons. The molecule has 0 aliphatic carbocycles. The highest BCUT2D eigenvalue weighted by Gasteiger charge is 2.21. The first-order valence-corrected chi connectivity index (χ1v) is 7.96. The molecule has 0 aliphatic rings. The summed E-state index contributed by atoms with van der Waals surface area (Å²) in [7, 11) is 0. The van der Waals surface area contributed by atoms with Crippen LogP contribution in [0, 0.1) is 6.92 Å². The van der Waals surface area contributed by atoms with Gasteiger partial charge in [0.15, 0.2) is 6.10 Å². The number of rotatable bonds is 5. The highest BCUT2D eigenvalue weighted by atomic mass is 16.5. The standard InChI is InChI=1S/C19H20N2O5/c1-11-5-4-6-16(17(11)23)19(25)26-12(2)18(24)21-15-9-7-14(8-10-15)20-13(3)22/h4-10,12,23H,1-3H3,(H,20,22)(H,21,24). The summed E-state index contributed by atoms with van der Waals surface area (Å²) in [4.78, 5) is 35.3. The van der Waals surface area contributed by atoms with Gasteiger partial charge >= 0.3 is 5.97 Å². The minimum atomic E-state index is -1.06. The predicted molar refractivity (Wildman–Crippen MR) is 97.1 cm³/mol. The molecule has 1 atom stereocenters. The van der Waals surface area contributed by atoms with Gasteiger partial charge in [-0.2, -0.15) is 0 Å². The highest BCUT2D eigenvalue weighted by molar-refractivity contribution is 5.98. The van der Waals surface area contributed by atoms with E-state index in [1.54, 1.807) is 43.3 Å². The number of hydrogen-bond donors (Lipinski definition) is 3. The first-order valence-electron chi connectivity index (χ1n) is 7.96. The van der Waals surface area contributed by atoms with Crippen molar-refractivity contribution in [2.24, 2.45) is 0 Å². The van der Waals surface area contributed by atoms with Crippen LogP contribution in [0.5, 0.6) is 5.75 Å². The van der Waals surface area contributed by atoms with Gasteiger partial charge in [-0.05, 0) is 49.7 Å². The summed E-state index contributed by atoms with van der Waals surface area (Å²) in [5, 5.41) is 15.1.